The second-order valence-electron chi connectivity index (χ2n) is 2.68. The maximum atomic E-state index is 10.5. The molecule has 1 heterocycles. The van der Waals surface area contributed by atoms with Gasteiger partial charge in [0.05, 0.1) is 17.2 Å². The number of hydrogen-bond donors (Lipinski definition) is 0. The fraction of sp³-hybridized carbons (Fsp3) is 0. The number of carbonyl (C=O) groups is 1. The van der Waals surface area contributed by atoms with E-state index in [-0.39, 0.29) is 11.2 Å². The van der Waals surface area contributed by atoms with Crippen molar-refractivity contribution >= 4 is 16.9 Å². The number of nitrogens with zero attached hydrogens (tertiary/aromatic N) is 1. The van der Waals surface area contributed by atoms with Crippen LogP contribution in [0, 0.1) is 0 Å². The van der Waals surface area contributed by atoms with Gasteiger partial charge >= 0.3 is 0 Å². The summed E-state index contributed by atoms with van der Waals surface area (Å²) in [6.07, 6.45) is 0. The van der Waals surface area contributed by atoms with Gasteiger partial charge in [-0.15, -0.1) is 0 Å². The number of carbonyl (C=O) groups excluding carboxylic acids is 1. The van der Waals surface area contributed by atoms with Gasteiger partial charge in [0.2, 0.25) is 0 Å². The molecule has 2 aromatic rings. The lowest BCUT2D eigenvalue weighted by molar-refractivity contribution is -0.255. The van der Waals surface area contributed by atoms with Crippen LogP contribution >= 0.6 is 0 Å². The number of pyridine rings is 1. The topological polar surface area (TPSA) is 84.5 Å². The summed E-state index contributed by atoms with van der Waals surface area (Å²) >= 11 is 0. The molecule has 0 saturated heterocycles. The van der Waals surface area contributed by atoms with Gasteiger partial charge in [-0.25, -0.2) is 4.98 Å². The molecule has 0 aliphatic heterocycles. The van der Waals surface area contributed by atoms with Gasteiger partial charge in [-0.3, -0.25) is 0 Å². The van der Waals surface area contributed by atoms with E-state index in [9.17, 15) is 9.90 Å². The van der Waals surface area contributed by atoms with Crippen molar-refractivity contribution in [2.75, 3.05) is 0 Å². The van der Waals surface area contributed by atoms with Crippen LogP contribution in [0.2, 0.25) is 0 Å². The van der Waals surface area contributed by atoms with E-state index in [1.54, 1.807) is 12.1 Å². The number of fused-ring (bicyclic) bond motifs is 1. The Morgan fingerprint density at radius 3 is 2.57 bits per heavy atom. The van der Waals surface area contributed by atoms with Crippen molar-refractivity contribution in [1.29, 1.82) is 0 Å². The van der Waals surface area contributed by atoms with Crippen LogP contribution in [-0.4, -0.2) is 16.4 Å². The standard InChI is InChI=1S/C10H7NO2.H2O/c12-10(13)9-6-5-7-3-1-2-4-8(7)11-9;/h1-6H,(H,12,13);1H2/p-1. The highest BCUT2D eigenvalue weighted by Gasteiger charge is 1.96. The maximum Gasteiger partial charge on any atom is 0.0900 e. The Balaban J connectivity index is 0.000000980. The van der Waals surface area contributed by atoms with Gasteiger partial charge < -0.3 is 15.4 Å². The normalized spacial score (nSPS) is 9.43. The summed E-state index contributed by atoms with van der Waals surface area (Å²) in [6.45, 7) is 0. The third-order valence-electron chi connectivity index (χ3n) is 1.81. The molecule has 0 aliphatic carbocycles. The predicted octanol–water partition coefficient (Wildman–Crippen LogP) is -0.226. The summed E-state index contributed by atoms with van der Waals surface area (Å²) in [5.74, 6) is -1.24. The summed E-state index contributed by atoms with van der Waals surface area (Å²) in [4.78, 5) is 14.4. The molecule has 2 N–H and O–H groups in total. The number of carboxylic acids is 1. The number of para-hydroxylation sites is 1. The lowest BCUT2D eigenvalue weighted by Crippen LogP contribution is -2.23. The van der Waals surface area contributed by atoms with Crippen LogP contribution in [0.1, 0.15) is 10.5 Å². The van der Waals surface area contributed by atoms with Gasteiger partial charge in [-0.2, -0.15) is 0 Å². The number of carboxylic acid groups (broad SMARTS) is 1. The number of benzene rings is 1. The van der Waals surface area contributed by atoms with E-state index in [4.69, 9.17) is 0 Å². The quantitative estimate of drug-likeness (QED) is 0.622. The van der Waals surface area contributed by atoms with Crippen molar-refractivity contribution < 1.29 is 15.4 Å². The maximum absolute atomic E-state index is 10.5. The molecule has 72 valence electrons. The molecule has 0 atom stereocenters. The SMILES string of the molecule is O.O=C([O-])c1ccc2ccccc2n1. The fourth-order valence-corrected chi connectivity index (χ4v) is 1.18. The highest BCUT2D eigenvalue weighted by atomic mass is 16.4. The molecule has 1 aromatic carbocycles. The van der Waals surface area contributed by atoms with Gasteiger partial charge in [0.25, 0.3) is 0 Å². The number of aromatic carboxylic acids is 1. The van der Waals surface area contributed by atoms with Gasteiger partial charge in [0, 0.05) is 5.39 Å². The van der Waals surface area contributed by atoms with E-state index in [0.29, 0.717) is 5.52 Å². The van der Waals surface area contributed by atoms with Crippen molar-refractivity contribution in [1.82, 2.24) is 4.98 Å². The van der Waals surface area contributed by atoms with Crippen molar-refractivity contribution in [3.8, 4) is 0 Å². The highest BCUT2D eigenvalue weighted by Crippen LogP contribution is 2.10. The predicted molar refractivity (Wildman–Crippen MR) is 49.7 cm³/mol. The van der Waals surface area contributed by atoms with Gasteiger partial charge in [-0.05, 0) is 12.1 Å². The van der Waals surface area contributed by atoms with Crippen LogP contribution in [0.25, 0.3) is 10.9 Å². The van der Waals surface area contributed by atoms with Gasteiger partial charge in [-0.1, -0.05) is 24.3 Å². The van der Waals surface area contributed by atoms with E-state index in [0.717, 1.165) is 5.39 Å². The van der Waals surface area contributed by atoms with Crippen molar-refractivity contribution in [2.24, 2.45) is 0 Å². The summed E-state index contributed by atoms with van der Waals surface area (Å²) < 4.78 is 0. The third-order valence-corrected chi connectivity index (χ3v) is 1.81. The molecular weight excluding hydrogens is 182 g/mol. The van der Waals surface area contributed by atoms with Crippen LogP contribution in [-0.2, 0) is 0 Å². The Morgan fingerprint density at radius 1 is 1.14 bits per heavy atom. The molecule has 0 radical (unpaired) electrons. The average Bonchev–Trinajstić information content (AvgIpc) is 2.17. The fourth-order valence-electron chi connectivity index (χ4n) is 1.18. The molecule has 4 heteroatoms. The van der Waals surface area contributed by atoms with Crippen LogP contribution in [0.15, 0.2) is 36.4 Å². The Kier molecular flexibility index (Phi) is 2.79. The second-order valence-corrected chi connectivity index (χ2v) is 2.68. The summed E-state index contributed by atoms with van der Waals surface area (Å²) in [5.41, 5.74) is 0.642. The van der Waals surface area contributed by atoms with E-state index < -0.39 is 5.97 Å². The summed E-state index contributed by atoms with van der Waals surface area (Å²) in [5, 5.41) is 11.4. The zero-order chi connectivity index (χ0) is 9.26. The Bertz CT molecular complexity index is 468. The third kappa shape index (κ3) is 1.70. The first-order valence-corrected chi connectivity index (χ1v) is 3.84. The van der Waals surface area contributed by atoms with Gasteiger partial charge in [0.1, 0.15) is 0 Å². The lowest BCUT2D eigenvalue weighted by atomic mass is 10.2. The highest BCUT2D eigenvalue weighted by molar-refractivity contribution is 5.88. The molecule has 1 aromatic heterocycles. The Hall–Kier alpha value is -1.94. The molecule has 2 rings (SSSR count). The van der Waals surface area contributed by atoms with E-state index in [1.807, 2.05) is 18.2 Å². The number of rotatable bonds is 1. The molecule has 0 saturated carbocycles. The minimum Gasteiger partial charge on any atom is -0.543 e. The Labute approximate surface area is 80.1 Å². The van der Waals surface area contributed by atoms with E-state index >= 15 is 0 Å². The number of hydrogen-bond acceptors (Lipinski definition) is 3. The smallest absolute Gasteiger partial charge is 0.0900 e. The zero-order valence-electron chi connectivity index (χ0n) is 7.23. The molecule has 0 spiro atoms. The first kappa shape index (κ1) is 10.1. The molecular formula is C10H8NO3-. The zero-order valence-corrected chi connectivity index (χ0v) is 7.23. The first-order valence-electron chi connectivity index (χ1n) is 3.84. The molecule has 4 nitrogen and oxygen atoms in total. The molecule has 0 aliphatic rings. The minimum atomic E-state index is -1.24. The first-order chi connectivity index (χ1) is 6.27. The van der Waals surface area contributed by atoms with Gasteiger partial charge in [0.15, 0.2) is 0 Å². The van der Waals surface area contributed by atoms with Crippen LogP contribution in [0.4, 0.5) is 0 Å². The number of aromatic nitrogens is 1. The van der Waals surface area contributed by atoms with E-state index in [1.165, 1.54) is 6.07 Å². The minimum absolute atomic E-state index is 0. The molecule has 0 amide bonds. The second kappa shape index (κ2) is 3.85. The summed E-state index contributed by atoms with van der Waals surface area (Å²) in [7, 11) is 0. The average molecular weight is 190 g/mol. The van der Waals surface area contributed by atoms with Crippen LogP contribution in [0.3, 0.4) is 0 Å². The van der Waals surface area contributed by atoms with Crippen molar-refractivity contribution in [2.45, 2.75) is 0 Å². The largest absolute Gasteiger partial charge is 0.543 e. The lowest BCUT2D eigenvalue weighted by Gasteiger charge is -2.02. The monoisotopic (exact) mass is 190 g/mol. The van der Waals surface area contributed by atoms with Crippen molar-refractivity contribution in [3.05, 3.63) is 42.1 Å². The Morgan fingerprint density at radius 2 is 1.86 bits per heavy atom. The van der Waals surface area contributed by atoms with E-state index in [2.05, 4.69) is 4.98 Å². The molecule has 0 bridgehead atoms. The summed E-state index contributed by atoms with van der Waals surface area (Å²) in [6, 6.07) is 10.5. The van der Waals surface area contributed by atoms with Crippen molar-refractivity contribution in [3.63, 3.8) is 0 Å². The molecule has 0 fully saturated rings. The molecule has 0 unspecified atom stereocenters. The van der Waals surface area contributed by atoms with Crippen LogP contribution < -0.4 is 5.11 Å². The molecule has 14 heavy (non-hydrogen) atoms. The van der Waals surface area contributed by atoms with Crippen LogP contribution in [0.5, 0.6) is 0 Å².